The molecule has 23 heavy (non-hydrogen) atoms. The average molecular weight is 304 g/mol. The van der Waals surface area contributed by atoms with Crippen molar-refractivity contribution in [3.05, 3.63) is 108 Å². The van der Waals surface area contributed by atoms with E-state index in [1.54, 1.807) is 7.11 Å². The summed E-state index contributed by atoms with van der Waals surface area (Å²) in [6, 6.07) is 29.2. The molecule has 3 aromatic rings. The number of benzene rings is 3. The number of rotatable bonds is 5. The van der Waals surface area contributed by atoms with Crippen LogP contribution < -0.4 is 0 Å². The molecule has 0 fully saturated rings. The molecule has 0 aliphatic carbocycles. The smallest absolute Gasteiger partial charge is 0.145 e. The Morgan fingerprint density at radius 1 is 0.696 bits per heavy atom. The Balaban J connectivity index is 2.19. The zero-order valence-electron chi connectivity index (χ0n) is 13.1. The van der Waals surface area contributed by atoms with Crippen molar-refractivity contribution < 1.29 is 9.84 Å². The van der Waals surface area contributed by atoms with E-state index in [2.05, 4.69) is 0 Å². The van der Waals surface area contributed by atoms with Gasteiger partial charge in [-0.25, -0.2) is 0 Å². The summed E-state index contributed by atoms with van der Waals surface area (Å²) in [5, 5.41) is 11.7. The van der Waals surface area contributed by atoms with E-state index >= 15 is 0 Å². The minimum atomic E-state index is -1.27. The van der Waals surface area contributed by atoms with Gasteiger partial charge in [-0.2, -0.15) is 0 Å². The summed E-state index contributed by atoms with van der Waals surface area (Å²) in [4.78, 5) is 0. The molecule has 0 unspecified atom stereocenters. The maximum atomic E-state index is 11.7. The SMILES string of the molecule is CO[C@H](c1ccccc1)C(O)(c1ccccc1)c1ccccc1. The molecule has 0 radical (unpaired) electrons. The standard InChI is InChI=1S/C21H20O2/c1-23-20(17-11-5-2-6-12-17)21(22,18-13-7-3-8-14-18)19-15-9-4-10-16-19/h2-16,20,22H,1H3/t20-/m1/s1. The molecule has 3 aromatic carbocycles. The van der Waals surface area contributed by atoms with E-state index in [1.165, 1.54) is 0 Å². The zero-order chi connectivity index (χ0) is 16.1. The lowest BCUT2D eigenvalue weighted by Crippen LogP contribution is -2.36. The molecule has 0 bridgehead atoms. The molecule has 1 N–H and O–H groups in total. The fraction of sp³-hybridized carbons (Fsp3) is 0.143. The summed E-state index contributed by atoms with van der Waals surface area (Å²) < 4.78 is 5.76. The summed E-state index contributed by atoms with van der Waals surface area (Å²) in [7, 11) is 1.63. The van der Waals surface area contributed by atoms with E-state index in [0.29, 0.717) is 0 Å². The van der Waals surface area contributed by atoms with Gasteiger partial charge in [0.05, 0.1) is 0 Å². The van der Waals surface area contributed by atoms with Gasteiger partial charge in [-0.3, -0.25) is 0 Å². The molecule has 0 aliphatic heterocycles. The monoisotopic (exact) mass is 304 g/mol. The second-order valence-electron chi connectivity index (χ2n) is 5.52. The van der Waals surface area contributed by atoms with Gasteiger partial charge in [-0.1, -0.05) is 91.0 Å². The minimum Gasteiger partial charge on any atom is -0.377 e. The van der Waals surface area contributed by atoms with E-state index in [0.717, 1.165) is 16.7 Å². The Labute approximate surface area is 137 Å². The van der Waals surface area contributed by atoms with E-state index in [9.17, 15) is 5.11 Å². The van der Waals surface area contributed by atoms with Crippen LogP contribution in [0.1, 0.15) is 22.8 Å². The number of hydrogen-bond acceptors (Lipinski definition) is 2. The highest BCUT2D eigenvalue weighted by Gasteiger charge is 2.41. The number of ether oxygens (including phenoxy) is 1. The van der Waals surface area contributed by atoms with Crippen LogP contribution in [0.5, 0.6) is 0 Å². The quantitative estimate of drug-likeness (QED) is 0.761. The van der Waals surface area contributed by atoms with Crippen molar-refractivity contribution in [2.24, 2.45) is 0 Å². The minimum absolute atomic E-state index is 0.506. The van der Waals surface area contributed by atoms with E-state index in [-0.39, 0.29) is 0 Å². The molecule has 0 saturated heterocycles. The second-order valence-corrected chi connectivity index (χ2v) is 5.52. The summed E-state index contributed by atoms with van der Waals surface area (Å²) in [5.41, 5.74) is 1.28. The Hall–Kier alpha value is -2.42. The van der Waals surface area contributed by atoms with Crippen LogP contribution in [0.25, 0.3) is 0 Å². The summed E-state index contributed by atoms with van der Waals surface area (Å²) >= 11 is 0. The van der Waals surface area contributed by atoms with E-state index < -0.39 is 11.7 Å². The topological polar surface area (TPSA) is 29.5 Å². The van der Waals surface area contributed by atoms with Crippen LogP contribution in [0.2, 0.25) is 0 Å². The van der Waals surface area contributed by atoms with Crippen LogP contribution in [-0.4, -0.2) is 12.2 Å². The molecule has 0 heterocycles. The first-order chi connectivity index (χ1) is 11.3. The molecule has 0 spiro atoms. The van der Waals surface area contributed by atoms with Gasteiger partial charge in [0.25, 0.3) is 0 Å². The van der Waals surface area contributed by atoms with Crippen molar-refractivity contribution in [3.8, 4) is 0 Å². The molecule has 0 saturated carbocycles. The van der Waals surface area contributed by atoms with Crippen molar-refractivity contribution in [2.75, 3.05) is 7.11 Å². The van der Waals surface area contributed by atoms with Gasteiger partial charge in [0, 0.05) is 7.11 Å². The lowest BCUT2D eigenvalue weighted by Gasteiger charge is -2.36. The molecule has 3 rings (SSSR count). The van der Waals surface area contributed by atoms with Crippen LogP contribution in [-0.2, 0) is 10.3 Å². The highest BCUT2D eigenvalue weighted by Crippen LogP contribution is 2.42. The Morgan fingerprint density at radius 3 is 1.48 bits per heavy atom. The molecule has 116 valence electrons. The van der Waals surface area contributed by atoms with Gasteiger partial charge in [0.2, 0.25) is 0 Å². The third-order valence-corrected chi connectivity index (χ3v) is 4.15. The predicted molar refractivity (Wildman–Crippen MR) is 92.1 cm³/mol. The number of hydrogen-bond donors (Lipinski definition) is 1. The zero-order valence-corrected chi connectivity index (χ0v) is 13.1. The largest absolute Gasteiger partial charge is 0.377 e. The van der Waals surface area contributed by atoms with Crippen molar-refractivity contribution in [1.29, 1.82) is 0 Å². The number of methoxy groups -OCH3 is 1. The van der Waals surface area contributed by atoms with Crippen LogP contribution >= 0.6 is 0 Å². The molecule has 1 atom stereocenters. The van der Waals surface area contributed by atoms with Crippen molar-refractivity contribution in [2.45, 2.75) is 11.7 Å². The second kappa shape index (κ2) is 6.78. The fourth-order valence-corrected chi connectivity index (χ4v) is 3.03. The lowest BCUT2D eigenvalue weighted by atomic mass is 9.79. The summed E-state index contributed by atoms with van der Waals surface area (Å²) in [6.07, 6.45) is -0.506. The molecule has 0 aliphatic rings. The van der Waals surface area contributed by atoms with Gasteiger partial charge >= 0.3 is 0 Å². The van der Waals surface area contributed by atoms with Crippen molar-refractivity contribution >= 4 is 0 Å². The van der Waals surface area contributed by atoms with Gasteiger partial charge in [0.1, 0.15) is 11.7 Å². The van der Waals surface area contributed by atoms with Crippen LogP contribution in [0, 0.1) is 0 Å². The summed E-state index contributed by atoms with van der Waals surface area (Å²) in [5.74, 6) is 0. The third kappa shape index (κ3) is 2.91. The lowest BCUT2D eigenvalue weighted by molar-refractivity contribution is -0.0743. The van der Waals surface area contributed by atoms with Crippen LogP contribution in [0.4, 0.5) is 0 Å². The van der Waals surface area contributed by atoms with Crippen LogP contribution in [0.15, 0.2) is 91.0 Å². The third-order valence-electron chi connectivity index (χ3n) is 4.15. The summed E-state index contributed by atoms with van der Waals surface area (Å²) in [6.45, 7) is 0. The van der Waals surface area contributed by atoms with Crippen molar-refractivity contribution in [3.63, 3.8) is 0 Å². The first-order valence-corrected chi connectivity index (χ1v) is 7.68. The van der Waals surface area contributed by atoms with E-state index in [1.807, 2.05) is 91.0 Å². The predicted octanol–water partition coefficient (Wildman–Crippen LogP) is 4.31. The molecular weight excluding hydrogens is 284 g/mol. The molecular formula is C21H20O2. The Morgan fingerprint density at radius 2 is 1.09 bits per heavy atom. The van der Waals surface area contributed by atoms with Crippen molar-refractivity contribution in [1.82, 2.24) is 0 Å². The molecule has 0 amide bonds. The highest BCUT2D eigenvalue weighted by atomic mass is 16.5. The first-order valence-electron chi connectivity index (χ1n) is 7.68. The first kappa shape index (κ1) is 15.5. The van der Waals surface area contributed by atoms with Gasteiger partial charge in [-0.05, 0) is 16.7 Å². The average Bonchev–Trinajstić information content (AvgIpc) is 2.64. The van der Waals surface area contributed by atoms with Gasteiger partial charge < -0.3 is 9.84 Å². The molecule has 0 aromatic heterocycles. The number of aliphatic hydroxyl groups is 1. The van der Waals surface area contributed by atoms with Crippen LogP contribution in [0.3, 0.4) is 0 Å². The maximum absolute atomic E-state index is 11.7. The molecule has 2 nitrogen and oxygen atoms in total. The maximum Gasteiger partial charge on any atom is 0.145 e. The fourth-order valence-electron chi connectivity index (χ4n) is 3.03. The molecule has 2 heteroatoms. The van der Waals surface area contributed by atoms with Gasteiger partial charge in [0.15, 0.2) is 0 Å². The highest BCUT2D eigenvalue weighted by molar-refractivity contribution is 5.40. The Bertz CT molecular complexity index is 684. The van der Waals surface area contributed by atoms with Gasteiger partial charge in [-0.15, -0.1) is 0 Å². The Kier molecular flexibility index (Phi) is 4.56. The normalized spacial score (nSPS) is 12.8. The van der Waals surface area contributed by atoms with E-state index in [4.69, 9.17) is 4.74 Å².